The molecule has 0 aliphatic carbocycles. The molecule has 21 heavy (non-hydrogen) atoms. The molecule has 1 amide bonds. The van der Waals surface area contributed by atoms with Gasteiger partial charge in [-0.1, -0.05) is 56.0 Å². The van der Waals surface area contributed by atoms with Crippen LogP contribution in [0, 0.1) is 5.41 Å². The smallest absolute Gasteiger partial charge is 0.255 e. The minimum Gasteiger partial charge on any atom is -0.496 e. The number of carbonyl (C=O) groups is 1. The highest BCUT2D eigenvalue weighted by atomic mass is 79.9. The Morgan fingerprint density at radius 3 is 2.67 bits per heavy atom. The fourth-order valence-corrected chi connectivity index (χ4v) is 2.55. The Bertz CT molecular complexity index is 472. The summed E-state index contributed by atoms with van der Waals surface area (Å²) >= 11 is 3.38. The average Bonchev–Trinajstić information content (AvgIpc) is 2.45. The fourth-order valence-electron chi connectivity index (χ4n) is 2.21. The van der Waals surface area contributed by atoms with Gasteiger partial charge in [0.15, 0.2) is 0 Å². The zero-order chi connectivity index (χ0) is 15.9. The van der Waals surface area contributed by atoms with Gasteiger partial charge in [-0.15, -0.1) is 0 Å². The lowest BCUT2D eigenvalue weighted by Crippen LogP contribution is -2.34. The van der Waals surface area contributed by atoms with Gasteiger partial charge in [0.05, 0.1) is 12.7 Å². The predicted octanol–water partition coefficient (Wildman–Crippen LogP) is 4.79. The van der Waals surface area contributed by atoms with Gasteiger partial charge in [-0.3, -0.25) is 4.79 Å². The molecule has 118 valence electrons. The van der Waals surface area contributed by atoms with E-state index in [-0.39, 0.29) is 11.3 Å². The number of amides is 1. The van der Waals surface area contributed by atoms with Gasteiger partial charge >= 0.3 is 0 Å². The van der Waals surface area contributed by atoms with Crippen molar-refractivity contribution in [2.75, 3.05) is 13.7 Å². The molecular weight excluding hydrogens is 330 g/mol. The number of ether oxygens (including phenoxy) is 1. The van der Waals surface area contributed by atoms with Crippen LogP contribution in [0.15, 0.2) is 22.7 Å². The molecule has 4 heteroatoms. The van der Waals surface area contributed by atoms with Crippen LogP contribution in [0.3, 0.4) is 0 Å². The number of carbonyl (C=O) groups excluding carboxylic acids is 1. The van der Waals surface area contributed by atoms with E-state index in [0.717, 1.165) is 10.9 Å². The number of unbranched alkanes of at least 4 members (excludes halogenated alkanes) is 2. The van der Waals surface area contributed by atoms with Gasteiger partial charge in [0.25, 0.3) is 5.91 Å². The van der Waals surface area contributed by atoms with Gasteiger partial charge in [-0.25, -0.2) is 0 Å². The summed E-state index contributed by atoms with van der Waals surface area (Å²) in [6.07, 6.45) is 4.80. The molecule has 0 spiro atoms. The van der Waals surface area contributed by atoms with E-state index in [1.165, 1.54) is 19.3 Å². The first-order valence-corrected chi connectivity index (χ1v) is 8.30. The van der Waals surface area contributed by atoms with Gasteiger partial charge < -0.3 is 10.1 Å². The molecule has 0 saturated heterocycles. The van der Waals surface area contributed by atoms with E-state index in [0.29, 0.717) is 17.9 Å². The topological polar surface area (TPSA) is 38.3 Å². The summed E-state index contributed by atoms with van der Waals surface area (Å²) in [5.41, 5.74) is 0.693. The first-order valence-electron chi connectivity index (χ1n) is 7.51. The maximum absolute atomic E-state index is 12.3. The first-order chi connectivity index (χ1) is 9.89. The average molecular weight is 356 g/mol. The highest BCUT2D eigenvalue weighted by molar-refractivity contribution is 9.10. The first kappa shape index (κ1) is 18.0. The molecule has 0 saturated carbocycles. The highest BCUT2D eigenvalue weighted by Gasteiger charge is 2.20. The highest BCUT2D eigenvalue weighted by Crippen LogP contribution is 2.25. The van der Waals surface area contributed by atoms with Gasteiger partial charge in [-0.05, 0) is 30.0 Å². The van der Waals surface area contributed by atoms with Crippen molar-refractivity contribution >= 4 is 21.8 Å². The van der Waals surface area contributed by atoms with E-state index in [1.54, 1.807) is 19.2 Å². The molecule has 0 aromatic heterocycles. The molecule has 0 aliphatic heterocycles. The predicted molar refractivity (Wildman–Crippen MR) is 91.0 cm³/mol. The largest absolute Gasteiger partial charge is 0.496 e. The van der Waals surface area contributed by atoms with Crippen LogP contribution >= 0.6 is 15.9 Å². The quantitative estimate of drug-likeness (QED) is 0.680. The zero-order valence-electron chi connectivity index (χ0n) is 13.5. The number of halogens is 1. The minimum atomic E-state index is -0.0806. The van der Waals surface area contributed by atoms with Crippen molar-refractivity contribution < 1.29 is 9.53 Å². The molecular formula is C17H26BrNO2. The summed E-state index contributed by atoms with van der Waals surface area (Å²) in [5, 5.41) is 3.03. The number of hydrogen-bond acceptors (Lipinski definition) is 2. The Morgan fingerprint density at radius 1 is 1.33 bits per heavy atom. The Balaban J connectivity index is 2.61. The van der Waals surface area contributed by atoms with E-state index >= 15 is 0 Å². The lowest BCUT2D eigenvalue weighted by Gasteiger charge is -2.25. The molecule has 0 aliphatic rings. The lowest BCUT2D eigenvalue weighted by molar-refractivity contribution is 0.0931. The number of methoxy groups -OCH3 is 1. The van der Waals surface area contributed by atoms with Crippen LogP contribution in [-0.4, -0.2) is 19.6 Å². The minimum absolute atomic E-state index is 0.0806. The summed E-state index contributed by atoms with van der Waals surface area (Å²) in [6, 6.07) is 5.44. The molecule has 1 aromatic carbocycles. The van der Waals surface area contributed by atoms with Crippen LogP contribution < -0.4 is 10.1 Å². The Labute approximate surface area is 136 Å². The molecule has 0 bridgehead atoms. The fraction of sp³-hybridized carbons (Fsp3) is 0.588. The van der Waals surface area contributed by atoms with Crippen LogP contribution in [0.2, 0.25) is 0 Å². The van der Waals surface area contributed by atoms with Crippen molar-refractivity contribution in [3.8, 4) is 5.75 Å². The molecule has 0 unspecified atom stereocenters. The summed E-state index contributed by atoms with van der Waals surface area (Å²) in [5.74, 6) is 0.508. The molecule has 0 fully saturated rings. The van der Waals surface area contributed by atoms with Crippen molar-refractivity contribution in [3.63, 3.8) is 0 Å². The van der Waals surface area contributed by atoms with Gasteiger partial charge in [0.1, 0.15) is 5.75 Å². The maximum atomic E-state index is 12.3. The number of nitrogens with one attached hydrogen (secondary N) is 1. The van der Waals surface area contributed by atoms with Crippen LogP contribution in [0.25, 0.3) is 0 Å². The van der Waals surface area contributed by atoms with Crippen LogP contribution in [0.4, 0.5) is 0 Å². The summed E-state index contributed by atoms with van der Waals surface area (Å²) in [4.78, 5) is 12.3. The van der Waals surface area contributed by atoms with Crippen molar-refractivity contribution in [1.29, 1.82) is 0 Å². The van der Waals surface area contributed by atoms with E-state index in [1.807, 2.05) is 6.07 Å². The second-order valence-electron chi connectivity index (χ2n) is 6.15. The maximum Gasteiger partial charge on any atom is 0.255 e. The van der Waals surface area contributed by atoms with Crippen LogP contribution in [0.5, 0.6) is 5.75 Å². The van der Waals surface area contributed by atoms with Crippen molar-refractivity contribution in [1.82, 2.24) is 5.32 Å². The molecule has 1 N–H and O–H groups in total. The van der Waals surface area contributed by atoms with Crippen molar-refractivity contribution in [2.24, 2.45) is 5.41 Å². The summed E-state index contributed by atoms with van der Waals surface area (Å²) < 4.78 is 6.17. The van der Waals surface area contributed by atoms with Crippen molar-refractivity contribution in [2.45, 2.75) is 46.5 Å². The van der Waals surface area contributed by atoms with E-state index in [4.69, 9.17) is 4.74 Å². The second kappa shape index (κ2) is 8.42. The normalized spacial score (nSPS) is 11.3. The van der Waals surface area contributed by atoms with Gasteiger partial charge in [-0.2, -0.15) is 0 Å². The molecule has 0 radical (unpaired) electrons. The Hall–Kier alpha value is -1.03. The molecule has 1 rings (SSSR count). The summed E-state index contributed by atoms with van der Waals surface area (Å²) in [7, 11) is 1.58. The lowest BCUT2D eigenvalue weighted by atomic mass is 9.87. The third-order valence-corrected chi connectivity index (χ3v) is 4.09. The Morgan fingerprint density at radius 2 is 2.05 bits per heavy atom. The molecule has 0 atom stereocenters. The van der Waals surface area contributed by atoms with Gasteiger partial charge in [0, 0.05) is 11.0 Å². The van der Waals surface area contributed by atoms with E-state index < -0.39 is 0 Å². The Kier molecular flexibility index (Phi) is 7.23. The SMILES string of the molecule is CCCCCC(C)(C)CNC(=O)c1ccc(Br)cc1OC. The number of benzene rings is 1. The van der Waals surface area contributed by atoms with Crippen molar-refractivity contribution in [3.05, 3.63) is 28.2 Å². The third-order valence-electron chi connectivity index (χ3n) is 3.59. The molecule has 0 heterocycles. The summed E-state index contributed by atoms with van der Waals surface area (Å²) in [6.45, 7) is 7.27. The second-order valence-corrected chi connectivity index (χ2v) is 7.06. The van der Waals surface area contributed by atoms with Gasteiger partial charge in [0.2, 0.25) is 0 Å². The van der Waals surface area contributed by atoms with Crippen LogP contribution in [0.1, 0.15) is 56.8 Å². The van der Waals surface area contributed by atoms with E-state index in [2.05, 4.69) is 42.0 Å². The molecule has 3 nitrogen and oxygen atoms in total. The zero-order valence-corrected chi connectivity index (χ0v) is 15.0. The number of rotatable bonds is 8. The third kappa shape index (κ3) is 6.08. The standard InChI is InChI=1S/C17H26BrNO2/c1-5-6-7-10-17(2,3)12-19-16(20)14-9-8-13(18)11-15(14)21-4/h8-9,11H,5-7,10,12H2,1-4H3,(H,19,20). The van der Waals surface area contributed by atoms with Crippen LogP contribution in [-0.2, 0) is 0 Å². The van der Waals surface area contributed by atoms with E-state index in [9.17, 15) is 4.79 Å². The molecule has 1 aromatic rings. The number of hydrogen-bond donors (Lipinski definition) is 1. The monoisotopic (exact) mass is 355 g/mol.